The van der Waals surface area contributed by atoms with Crippen LogP contribution in [0.4, 0.5) is 4.79 Å². The van der Waals surface area contributed by atoms with E-state index in [1.807, 2.05) is 44.2 Å². The highest BCUT2D eigenvalue weighted by Crippen LogP contribution is 2.28. The lowest BCUT2D eigenvalue weighted by molar-refractivity contribution is -0.283. The molecule has 0 aliphatic carbocycles. The summed E-state index contributed by atoms with van der Waals surface area (Å²) in [4.78, 5) is 11.6. The van der Waals surface area contributed by atoms with Crippen LogP contribution >= 0.6 is 0 Å². The quantitative estimate of drug-likeness (QED) is 0.607. The fraction of sp³-hybridized carbons (Fsp3) is 0.632. The van der Waals surface area contributed by atoms with Gasteiger partial charge in [0.15, 0.2) is 6.29 Å². The lowest BCUT2D eigenvalue weighted by Crippen LogP contribution is -2.54. The lowest BCUT2D eigenvalue weighted by Gasteiger charge is -2.41. The Morgan fingerprint density at radius 1 is 1.23 bits per heavy atom. The highest BCUT2D eigenvalue weighted by molar-refractivity contribution is 5.67. The first kappa shape index (κ1) is 20.6. The standard InChI is InChI=1S/C19H29NO6/c1-3-15-13(2)16(21)17(22)18(26-15)24-11-7-10-20-19(23)25-12-14-8-5-4-6-9-14/h4-6,8-9,13,15-18,21-22H,3,7,10-12H2,1-2H3,(H,20,23)/t13-,15?,16+,17?,18+/m1/s1. The third-order valence-corrected chi connectivity index (χ3v) is 4.55. The minimum atomic E-state index is -1.07. The molecule has 7 heteroatoms. The molecular formula is C19H29NO6. The van der Waals surface area contributed by atoms with Crippen molar-refractivity contribution in [2.45, 2.75) is 57.9 Å². The molecule has 0 saturated carbocycles. The maximum atomic E-state index is 11.6. The molecule has 7 nitrogen and oxygen atoms in total. The van der Waals surface area contributed by atoms with Crippen molar-refractivity contribution in [3.05, 3.63) is 35.9 Å². The molecule has 3 N–H and O–H groups in total. The SMILES string of the molecule is CCC1O[C@H](OCCCNC(=O)OCc2ccccc2)C(O)[C@@H](O)[C@@H]1C. The smallest absolute Gasteiger partial charge is 0.407 e. The van der Waals surface area contributed by atoms with Crippen LogP contribution in [0.2, 0.25) is 0 Å². The van der Waals surface area contributed by atoms with Crippen LogP contribution in [0, 0.1) is 5.92 Å². The molecule has 0 spiro atoms. The molecule has 1 aromatic rings. The average Bonchev–Trinajstić information content (AvgIpc) is 2.66. The zero-order valence-electron chi connectivity index (χ0n) is 15.3. The Morgan fingerprint density at radius 3 is 2.65 bits per heavy atom. The van der Waals surface area contributed by atoms with E-state index in [4.69, 9.17) is 14.2 Å². The fourth-order valence-corrected chi connectivity index (χ4v) is 2.91. The first-order valence-corrected chi connectivity index (χ1v) is 9.10. The monoisotopic (exact) mass is 367 g/mol. The number of carbonyl (C=O) groups is 1. The summed E-state index contributed by atoms with van der Waals surface area (Å²) in [7, 11) is 0. The van der Waals surface area contributed by atoms with E-state index in [1.165, 1.54) is 0 Å². The van der Waals surface area contributed by atoms with Gasteiger partial charge in [0, 0.05) is 12.5 Å². The lowest BCUT2D eigenvalue weighted by atomic mass is 9.89. The summed E-state index contributed by atoms with van der Waals surface area (Å²) in [5.74, 6) is -0.143. The molecule has 2 unspecified atom stereocenters. The van der Waals surface area contributed by atoms with E-state index in [-0.39, 0.29) is 25.2 Å². The zero-order valence-corrected chi connectivity index (χ0v) is 15.3. The van der Waals surface area contributed by atoms with Gasteiger partial charge in [0.1, 0.15) is 12.7 Å². The van der Waals surface area contributed by atoms with Gasteiger partial charge in [-0.1, -0.05) is 44.2 Å². The number of hydrogen-bond acceptors (Lipinski definition) is 6. The predicted molar refractivity (Wildman–Crippen MR) is 95.3 cm³/mol. The van der Waals surface area contributed by atoms with E-state index < -0.39 is 24.6 Å². The molecule has 0 aromatic heterocycles. The molecular weight excluding hydrogens is 338 g/mol. The second kappa shape index (κ2) is 10.5. The molecule has 1 heterocycles. The number of benzene rings is 1. The van der Waals surface area contributed by atoms with Crippen LogP contribution < -0.4 is 5.32 Å². The Morgan fingerprint density at radius 2 is 1.96 bits per heavy atom. The fourth-order valence-electron chi connectivity index (χ4n) is 2.91. The number of nitrogens with one attached hydrogen (secondary N) is 1. The normalized spacial score (nSPS) is 28.5. The van der Waals surface area contributed by atoms with Crippen LogP contribution in [-0.2, 0) is 20.8 Å². The van der Waals surface area contributed by atoms with Crippen molar-refractivity contribution < 1.29 is 29.2 Å². The first-order chi connectivity index (χ1) is 12.5. The van der Waals surface area contributed by atoms with Crippen LogP contribution in [0.3, 0.4) is 0 Å². The van der Waals surface area contributed by atoms with Crippen LogP contribution in [0.15, 0.2) is 30.3 Å². The summed E-state index contributed by atoms with van der Waals surface area (Å²) in [6.07, 6.45) is -2.16. The van der Waals surface area contributed by atoms with Gasteiger partial charge in [-0.25, -0.2) is 4.79 Å². The Balaban J connectivity index is 1.60. The molecule has 146 valence electrons. The summed E-state index contributed by atoms with van der Waals surface area (Å²) in [5, 5.41) is 22.8. The highest BCUT2D eigenvalue weighted by atomic mass is 16.7. The molecule has 1 aliphatic rings. The van der Waals surface area contributed by atoms with Gasteiger partial charge in [-0.3, -0.25) is 0 Å². The summed E-state index contributed by atoms with van der Waals surface area (Å²) in [5.41, 5.74) is 0.924. The number of alkyl carbamates (subject to hydrolysis) is 1. The topological polar surface area (TPSA) is 97.3 Å². The van der Waals surface area contributed by atoms with Crippen molar-refractivity contribution in [3.63, 3.8) is 0 Å². The Kier molecular flexibility index (Phi) is 8.31. The zero-order chi connectivity index (χ0) is 18.9. The summed E-state index contributed by atoms with van der Waals surface area (Å²) < 4.78 is 16.3. The van der Waals surface area contributed by atoms with Crippen molar-refractivity contribution in [1.29, 1.82) is 0 Å². The second-order valence-corrected chi connectivity index (χ2v) is 6.50. The van der Waals surface area contributed by atoms with Gasteiger partial charge >= 0.3 is 6.09 Å². The molecule has 0 bridgehead atoms. The minimum absolute atomic E-state index is 0.143. The molecule has 26 heavy (non-hydrogen) atoms. The van der Waals surface area contributed by atoms with Crippen LogP contribution in [-0.4, -0.2) is 54.1 Å². The first-order valence-electron chi connectivity index (χ1n) is 9.10. The summed E-state index contributed by atoms with van der Waals surface area (Å²) in [6.45, 7) is 4.71. The van der Waals surface area contributed by atoms with Gasteiger partial charge < -0.3 is 29.7 Å². The third-order valence-electron chi connectivity index (χ3n) is 4.55. The highest BCUT2D eigenvalue weighted by Gasteiger charge is 2.41. The Labute approximate surface area is 154 Å². The molecule has 5 atom stereocenters. The number of carbonyl (C=O) groups excluding carboxylic acids is 1. The number of aliphatic hydroxyl groups excluding tert-OH is 2. The molecule has 1 fully saturated rings. The Bertz CT molecular complexity index is 538. The Hall–Kier alpha value is -1.67. The molecule has 1 amide bonds. The number of amides is 1. The van der Waals surface area contributed by atoms with E-state index in [0.29, 0.717) is 13.0 Å². The van der Waals surface area contributed by atoms with Gasteiger partial charge in [-0.15, -0.1) is 0 Å². The molecule has 0 radical (unpaired) electrons. The van der Waals surface area contributed by atoms with Gasteiger partial charge in [0.05, 0.1) is 18.8 Å². The largest absolute Gasteiger partial charge is 0.445 e. The second-order valence-electron chi connectivity index (χ2n) is 6.50. The maximum Gasteiger partial charge on any atom is 0.407 e. The van der Waals surface area contributed by atoms with Gasteiger partial charge in [-0.2, -0.15) is 0 Å². The van der Waals surface area contributed by atoms with Crippen molar-refractivity contribution in [2.75, 3.05) is 13.2 Å². The predicted octanol–water partition coefficient (Wildman–Crippen LogP) is 1.81. The number of aliphatic hydroxyl groups is 2. The van der Waals surface area contributed by atoms with E-state index in [2.05, 4.69) is 5.32 Å². The van der Waals surface area contributed by atoms with Crippen LogP contribution in [0.25, 0.3) is 0 Å². The third kappa shape index (κ3) is 5.95. The molecule has 1 aromatic carbocycles. The van der Waals surface area contributed by atoms with E-state index in [9.17, 15) is 15.0 Å². The molecule has 1 aliphatic heterocycles. The number of rotatable bonds is 8. The average molecular weight is 367 g/mol. The van der Waals surface area contributed by atoms with Crippen molar-refractivity contribution in [2.24, 2.45) is 5.92 Å². The molecule has 1 saturated heterocycles. The van der Waals surface area contributed by atoms with Crippen LogP contribution in [0.1, 0.15) is 32.3 Å². The maximum absolute atomic E-state index is 11.6. The van der Waals surface area contributed by atoms with Crippen molar-refractivity contribution >= 4 is 6.09 Å². The van der Waals surface area contributed by atoms with Gasteiger partial charge in [-0.05, 0) is 18.4 Å². The summed E-state index contributed by atoms with van der Waals surface area (Å²) >= 11 is 0. The van der Waals surface area contributed by atoms with E-state index in [0.717, 1.165) is 12.0 Å². The molecule has 2 rings (SSSR count). The van der Waals surface area contributed by atoms with E-state index >= 15 is 0 Å². The van der Waals surface area contributed by atoms with Gasteiger partial charge in [0.25, 0.3) is 0 Å². The van der Waals surface area contributed by atoms with Crippen molar-refractivity contribution in [1.82, 2.24) is 5.32 Å². The van der Waals surface area contributed by atoms with E-state index in [1.54, 1.807) is 0 Å². The van der Waals surface area contributed by atoms with Crippen molar-refractivity contribution in [3.8, 4) is 0 Å². The van der Waals surface area contributed by atoms with Crippen LogP contribution in [0.5, 0.6) is 0 Å². The minimum Gasteiger partial charge on any atom is -0.445 e. The summed E-state index contributed by atoms with van der Waals surface area (Å²) in [6, 6.07) is 9.44. The van der Waals surface area contributed by atoms with Gasteiger partial charge in [0.2, 0.25) is 0 Å². The number of hydrogen-bond donors (Lipinski definition) is 3. The number of ether oxygens (including phenoxy) is 3.